The Kier molecular flexibility index (Phi) is 4.37. The molecule has 0 unspecified atom stereocenters. The molecular formula is C18H14N4O4. The highest BCUT2D eigenvalue weighted by molar-refractivity contribution is 5.89. The molecule has 130 valence electrons. The van der Waals surface area contributed by atoms with E-state index in [-0.39, 0.29) is 29.1 Å². The standard InChI is InChI=1S/C18H14N4O4/c1-10-4-3-5-13-15(10)20-14(21-16(13)23)9-22-8-12(18(25)26-2)6-11(7-19)17(22)24/h3-6,8H,9H2,1-2H3,(H,20,21,23). The van der Waals surface area contributed by atoms with Crippen molar-refractivity contribution < 1.29 is 9.53 Å². The molecule has 0 fully saturated rings. The first-order valence-corrected chi connectivity index (χ1v) is 7.66. The molecule has 2 aromatic heterocycles. The van der Waals surface area contributed by atoms with E-state index in [1.165, 1.54) is 19.4 Å². The molecule has 3 aromatic rings. The normalized spacial score (nSPS) is 10.5. The zero-order valence-corrected chi connectivity index (χ0v) is 14.1. The van der Waals surface area contributed by atoms with E-state index in [0.29, 0.717) is 10.9 Å². The molecule has 1 aromatic carbocycles. The van der Waals surface area contributed by atoms with E-state index >= 15 is 0 Å². The van der Waals surface area contributed by atoms with Crippen LogP contribution in [-0.2, 0) is 11.3 Å². The SMILES string of the molecule is COC(=O)c1cc(C#N)c(=O)n(Cc2nc3c(C)cccc3c(=O)[nH]2)c1. The van der Waals surface area contributed by atoms with Crippen molar-refractivity contribution in [3.05, 3.63) is 73.7 Å². The molecule has 0 amide bonds. The molecule has 0 atom stereocenters. The number of H-pyrrole nitrogens is 1. The number of hydrogen-bond acceptors (Lipinski definition) is 6. The third kappa shape index (κ3) is 2.98. The number of methoxy groups -OCH3 is 1. The Morgan fingerprint density at radius 1 is 1.38 bits per heavy atom. The first-order valence-electron chi connectivity index (χ1n) is 7.66. The highest BCUT2D eigenvalue weighted by atomic mass is 16.5. The van der Waals surface area contributed by atoms with Gasteiger partial charge in [0.05, 0.1) is 30.1 Å². The summed E-state index contributed by atoms with van der Waals surface area (Å²) in [4.78, 5) is 43.4. The Labute approximate surface area is 147 Å². The second kappa shape index (κ2) is 6.64. The van der Waals surface area contributed by atoms with Gasteiger partial charge in [0.2, 0.25) is 0 Å². The molecule has 26 heavy (non-hydrogen) atoms. The molecular weight excluding hydrogens is 336 g/mol. The van der Waals surface area contributed by atoms with Gasteiger partial charge in [0, 0.05) is 6.20 Å². The van der Waals surface area contributed by atoms with Gasteiger partial charge in [0.25, 0.3) is 11.1 Å². The number of aromatic nitrogens is 3. The number of para-hydroxylation sites is 1. The summed E-state index contributed by atoms with van der Waals surface area (Å²) in [6, 6.07) is 8.18. The predicted molar refractivity (Wildman–Crippen MR) is 93.0 cm³/mol. The summed E-state index contributed by atoms with van der Waals surface area (Å²) >= 11 is 0. The van der Waals surface area contributed by atoms with Crippen LogP contribution in [0.3, 0.4) is 0 Å². The van der Waals surface area contributed by atoms with E-state index < -0.39 is 11.5 Å². The first kappa shape index (κ1) is 17.1. The quantitative estimate of drug-likeness (QED) is 0.707. The molecule has 0 spiro atoms. The maximum atomic E-state index is 12.4. The maximum Gasteiger partial charge on any atom is 0.339 e. The van der Waals surface area contributed by atoms with Gasteiger partial charge in [-0.2, -0.15) is 5.26 Å². The number of benzene rings is 1. The molecule has 2 heterocycles. The lowest BCUT2D eigenvalue weighted by Gasteiger charge is -2.09. The third-order valence-corrected chi connectivity index (χ3v) is 3.93. The number of hydrogen-bond donors (Lipinski definition) is 1. The second-order valence-corrected chi connectivity index (χ2v) is 5.66. The third-order valence-electron chi connectivity index (χ3n) is 3.93. The average Bonchev–Trinajstić information content (AvgIpc) is 2.63. The van der Waals surface area contributed by atoms with E-state index in [1.54, 1.807) is 18.2 Å². The van der Waals surface area contributed by atoms with Crippen LogP contribution in [0.25, 0.3) is 10.9 Å². The van der Waals surface area contributed by atoms with Crippen LogP contribution in [0.2, 0.25) is 0 Å². The Morgan fingerprint density at radius 2 is 2.15 bits per heavy atom. The first-order chi connectivity index (χ1) is 12.4. The summed E-state index contributed by atoms with van der Waals surface area (Å²) in [6.07, 6.45) is 1.27. The van der Waals surface area contributed by atoms with Gasteiger partial charge >= 0.3 is 5.97 Å². The van der Waals surface area contributed by atoms with E-state index in [1.807, 2.05) is 13.0 Å². The van der Waals surface area contributed by atoms with Crippen molar-refractivity contribution >= 4 is 16.9 Å². The summed E-state index contributed by atoms with van der Waals surface area (Å²) in [5.74, 6) is -0.434. The molecule has 0 aliphatic rings. The largest absolute Gasteiger partial charge is 0.465 e. The van der Waals surface area contributed by atoms with Crippen molar-refractivity contribution in [3.63, 3.8) is 0 Å². The van der Waals surface area contributed by atoms with Gasteiger partial charge in [-0.25, -0.2) is 9.78 Å². The number of carbonyl (C=O) groups is 1. The van der Waals surface area contributed by atoms with Crippen LogP contribution in [0.4, 0.5) is 0 Å². The number of aromatic amines is 1. The van der Waals surface area contributed by atoms with Crippen molar-refractivity contribution in [3.8, 4) is 6.07 Å². The van der Waals surface area contributed by atoms with Crippen molar-refractivity contribution in [1.82, 2.24) is 14.5 Å². The zero-order valence-electron chi connectivity index (χ0n) is 14.1. The zero-order chi connectivity index (χ0) is 18.8. The van der Waals surface area contributed by atoms with E-state index in [0.717, 1.165) is 10.1 Å². The summed E-state index contributed by atoms with van der Waals surface area (Å²) in [5.41, 5.74) is 0.293. The van der Waals surface area contributed by atoms with Crippen LogP contribution in [0.15, 0.2) is 40.1 Å². The van der Waals surface area contributed by atoms with Crippen molar-refractivity contribution in [2.24, 2.45) is 0 Å². The lowest BCUT2D eigenvalue weighted by atomic mass is 10.1. The smallest absolute Gasteiger partial charge is 0.339 e. The molecule has 0 saturated carbocycles. The Balaban J connectivity index is 2.15. The van der Waals surface area contributed by atoms with Gasteiger partial charge in [-0.15, -0.1) is 0 Å². The molecule has 0 aliphatic heterocycles. The van der Waals surface area contributed by atoms with Gasteiger partial charge in [0.15, 0.2) is 0 Å². The summed E-state index contributed by atoms with van der Waals surface area (Å²) < 4.78 is 5.78. The number of carbonyl (C=O) groups excluding carboxylic acids is 1. The number of ether oxygens (including phenoxy) is 1. The molecule has 1 N–H and O–H groups in total. The van der Waals surface area contributed by atoms with Crippen LogP contribution in [0, 0.1) is 18.3 Å². The average molecular weight is 350 g/mol. The number of nitrogens with zero attached hydrogens (tertiary/aromatic N) is 3. The topological polar surface area (TPSA) is 118 Å². The molecule has 0 bridgehead atoms. The number of rotatable bonds is 3. The van der Waals surface area contributed by atoms with E-state index in [4.69, 9.17) is 5.26 Å². The van der Waals surface area contributed by atoms with Crippen LogP contribution >= 0.6 is 0 Å². The van der Waals surface area contributed by atoms with Gasteiger partial charge in [-0.05, 0) is 24.6 Å². The highest BCUT2D eigenvalue weighted by Gasteiger charge is 2.14. The van der Waals surface area contributed by atoms with Crippen LogP contribution in [-0.4, -0.2) is 27.6 Å². The molecule has 0 saturated heterocycles. The van der Waals surface area contributed by atoms with Gasteiger partial charge in [0.1, 0.15) is 17.5 Å². The van der Waals surface area contributed by atoms with E-state index in [2.05, 4.69) is 14.7 Å². The van der Waals surface area contributed by atoms with Gasteiger partial charge < -0.3 is 14.3 Å². The second-order valence-electron chi connectivity index (χ2n) is 5.66. The summed E-state index contributed by atoms with van der Waals surface area (Å²) in [7, 11) is 1.20. The van der Waals surface area contributed by atoms with Crippen molar-refractivity contribution in [2.75, 3.05) is 7.11 Å². The lowest BCUT2D eigenvalue weighted by molar-refractivity contribution is 0.0599. The minimum Gasteiger partial charge on any atom is -0.465 e. The maximum absolute atomic E-state index is 12.4. The Morgan fingerprint density at radius 3 is 2.85 bits per heavy atom. The molecule has 8 heteroatoms. The predicted octanol–water partition coefficient (Wildman–Crippen LogP) is 1.10. The van der Waals surface area contributed by atoms with Crippen LogP contribution < -0.4 is 11.1 Å². The fourth-order valence-corrected chi connectivity index (χ4v) is 2.65. The Bertz CT molecular complexity index is 1180. The van der Waals surface area contributed by atoms with Crippen LogP contribution in [0.1, 0.15) is 27.3 Å². The fourth-order valence-electron chi connectivity index (χ4n) is 2.65. The van der Waals surface area contributed by atoms with Crippen LogP contribution in [0.5, 0.6) is 0 Å². The minimum absolute atomic E-state index is 0.0583. The minimum atomic E-state index is -0.675. The van der Waals surface area contributed by atoms with Crippen molar-refractivity contribution in [1.29, 1.82) is 5.26 Å². The molecule has 3 rings (SSSR count). The molecule has 0 aliphatic carbocycles. The summed E-state index contributed by atoms with van der Waals surface area (Å²) in [5, 5.41) is 9.57. The number of nitriles is 1. The van der Waals surface area contributed by atoms with E-state index in [9.17, 15) is 14.4 Å². The molecule has 8 nitrogen and oxygen atoms in total. The highest BCUT2D eigenvalue weighted by Crippen LogP contribution is 2.12. The number of nitrogens with one attached hydrogen (secondary N) is 1. The monoisotopic (exact) mass is 350 g/mol. The lowest BCUT2D eigenvalue weighted by Crippen LogP contribution is -2.26. The summed E-state index contributed by atoms with van der Waals surface area (Å²) in [6.45, 7) is 1.73. The van der Waals surface area contributed by atoms with Crippen molar-refractivity contribution in [2.45, 2.75) is 13.5 Å². The number of pyridine rings is 1. The number of fused-ring (bicyclic) bond motifs is 1. The van der Waals surface area contributed by atoms with Gasteiger partial charge in [-0.3, -0.25) is 9.59 Å². The molecule has 0 radical (unpaired) electrons. The Hall–Kier alpha value is -3.73. The van der Waals surface area contributed by atoms with Gasteiger partial charge in [-0.1, -0.05) is 12.1 Å². The fraction of sp³-hybridized carbons (Fsp3) is 0.167. The number of esters is 1. The number of aryl methyl sites for hydroxylation is 1.